The lowest BCUT2D eigenvalue weighted by atomic mass is 10.0. The van der Waals surface area contributed by atoms with E-state index in [0.717, 1.165) is 0 Å². The third-order valence-electron chi connectivity index (χ3n) is 2.93. The summed E-state index contributed by atoms with van der Waals surface area (Å²) in [4.78, 5) is 3.80. The summed E-state index contributed by atoms with van der Waals surface area (Å²) >= 11 is 5.81. The molecule has 2 rings (SSSR count). The van der Waals surface area contributed by atoms with Crippen LogP contribution >= 0.6 is 11.6 Å². The van der Waals surface area contributed by atoms with Crippen molar-refractivity contribution in [3.8, 4) is 6.07 Å². The van der Waals surface area contributed by atoms with E-state index in [4.69, 9.17) is 22.6 Å². The van der Waals surface area contributed by atoms with Crippen molar-refractivity contribution in [1.82, 2.24) is 9.71 Å². The number of benzene rings is 1. The molecule has 0 amide bonds. The van der Waals surface area contributed by atoms with Crippen LogP contribution in [0.2, 0.25) is 5.02 Å². The van der Waals surface area contributed by atoms with Gasteiger partial charge in [0, 0.05) is 11.2 Å². The molecule has 0 bridgehead atoms. The van der Waals surface area contributed by atoms with Crippen LogP contribution in [0, 0.1) is 11.3 Å². The van der Waals surface area contributed by atoms with E-state index in [1.165, 1.54) is 12.3 Å². The Morgan fingerprint density at radius 2 is 1.91 bits per heavy atom. The molecule has 6 nitrogen and oxygen atoms in total. The number of nitrogens with one attached hydrogen (secondary N) is 1. The van der Waals surface area contributed by atoms with Crippen molar-refractivity contribution >= 4 is 21.6 Å². The number of rotatable bonds is 5. The SMILES string of the molecule is N#C[C@H](N)[C@@H](NS(=O)(=O)c1ccccn1)c1ccc(Cl)cc1. The molecule has 22 heavy (non-hydrogen) atoms. The number of hydrogen-bond acceptors (Lipinski definition) is 5. The molecule has 1 aromatic carbocycles. The molecule has 8 heteroatoms. The first-order chi connectivity index (χ1) is 10.4. The van der Waals surface area contributed by atoms with Crippen molar-refractivity contribution in [2.75, 3.05) is 0 Å². The smallest absolute Gasteiger partial charge is 0.258 e. The highest BCUT2D eigenvalue weighted by atomic mass is 35.5. The van der Waals surface area contributed by atoms with E-state index in [2.05, 4.69) is 9.71 Å². The minimum absolute atomic E-state index is 0.140. The van der Waals surface area contributed by atoms with Gasteiger partial charge in [-0.1, -0.05) is 29.8 Å². The van der Waals surface area contributed by atoms with E-state index >= 15 is 0 Å². The summed E-state index contributed by atoms with van der Waals surface area (Å²) in [5.41, 5.74) is 6.27. The van der Waals surface area contributed by atoms with Gasteiger partial charge in [-0.15, -0.1) is 0 Å². The van der Waals surface area contributed by atoms with Gasteiger partial charge < -0.3 is 5.73 Å². The summed E-state index contributed by atoms with van der Waals surface area (Å²) in [7, 11) is -3.90. The van der Waals surface area contributed by atoms with Crippen LogP contribution in [-0.4, -0.2) is 19.4 Å². The number of aromatic nitrogens is 1. The fraction of sp³-hybridized carbons (Fsp3) is 0.143. The Bertz CT molecular complexity index is 773. The van der Waals surface area contributed by atoms with Crippen LogP contribution in [-0.2, 0) is 10.0 Å². The molecule has 114 valence electrons. The molecule has 0 saturated heterocycles. The first kappa shape index (κ1) is 16.4. The van der Waals surface area contributed by atoms with Crippen LogP contribution in [0.15, 0.2) is 53.7 Å². The maximum absolute atomic E-state index is 12.3. The summed E-state index contributed by atoms with van der Waals surface area (Å²) < 4.78 is 27.1. The van der Waals surface area contributed by atoms with Gasteiger partial charge in [-0.05, 0) is 29.8 Å². The maximum atomic E-state index is 12.3. The zero-order valence-electron chi connectivity index (χ0n) is 11.3. The van der Waals surface area contributed by atoms with Crippen LogP contribution < -0.4 is 10.5 Å². The third kappa shape index (κ3) is 3.81. The zero-order valence-corrected chi connectivity index (χ0v) is 12.9. The van der Waals surface area contributed by atoms with Crippen LogP contribution in [0.4, 0.5) is 0 Å². The van der Waals surface area contributed by atoms with E-state index < -0.39 is 22.1 Å². The number of halogens is 1. The van der Waals surface area contributed by atoms with Crippen molar-refractivity contribution in [3.63, 3.8) is 0 Å². The normalized spacial score (nSPS) is 14.0. The minimum atomic E-state index is -3.90. The fourth-order valence-electron chi connectivity index (χ4n) is 1.83. The second-order valence-electron chi connectivity index (χ2n) is 4.47. The molecular weight excluding hydrogens is 324 g/mol. The number of hydrogen-bond donors (Lipinski definition) is 2. The van der Waals surface area contributed by atoms with Gasteiger partial charge in [-0.3, -0.25) is 0 Å². The Morgan fingerprint density at radius 1 is 1.23 bits per heavy atom. The molecule has 0 aliphatic carbocycles. The standard InChI is InChI=1S/C14H13ClN4O2S/c15-11-6-4-10(5-7-11)14(12(17)9-16)19-22(20,21)13-3-1-2-8-18-13/h1-8,12,14,19H,17H2/t12-,14-/m0/s1. The Hall–Kier alpha value is -1.98. The lowest BCUT2D eigenvalue weighted by Crippen LogP contribution is -2.40. The van der Waals surface area contributed by atoms with Crippen LogP contribution in [0.1, 0.15) is 11.6 Å². The van der Waals surface area contributed by atoms with E-state index in [-0.39, 0.29) is 5.03 Å². The third-order valence-corrected chi connectivity index (χ3v) is 4.54. The van der Waals surface area contributed by atoms with Gasteiger partial charge in [-0.25, -0.2) is 13.4 Å². The van der Waals surface area contributed by atoms with Crippen molar-refractivity contribution in [2.24, 2.45) is 5.73 Å². The number of pyridine rings is 1. The number of nitrogens with zero attached hydrogens (tertiary/aromatic N) is 2. The van der Waals surface area contributed by atoms with Gasteiger partial charge in [0.05, 0.1) is 12.1 Å². The Labute approximate surface area is 133 Å². The summed E-state index contributed by atoms with van der Waals surface area (Å²) in [6.07, 6.45) is 1.37. The first-order valence-corrected chi connectivity index (χ1v) is 8.14. The Kier molecular flexibility index (Phi) is 5.11. The van der Waals surface area contributed by atoms with Gasteiger partial charge in [0.2, 0.25) is 0 Å². The average Bonchev–Trinajstić information content (AvgIpc) is 2.54. The zero-order chi connectivity index (χ0) is 16.2. The molecule has 0 fully saturated rings. The van der Waals surface area contributed by atoms with Gasteiger partial charge in [0.15, 0.2) is 5.03 Å². The summed E-state index contributed by atoms with van der Waals surface area (Å²) in [6, 6.07) is 10.8. The highest BCUT2D eigenvalue weighted by Crippen LogP contribution is 2.21. The van der Waals surface area contributed by atoms with Crippen LogP contribution in [0.5, 0.6) is 0 Å². The predicted octanol–water partition coefficient (Wildman–Crippen LogP) is 1.61. The number of nitrogens with two attached hydrogens (primary N) is 1. The van der Waals surface area contributed by atoms with Gasteiger partial charge >= 0.3 is 0 Å². The molecule has 0 radical (unpaired) electrons. The predicted molar refractivity (Wildman–Crippen MR) is 82.3 cm³/mol. The molecular formula is C14H13ClN4O2S. The largest absolute Gasteiger partial charge is 0.314 e. The molecule has 3 N–H and O–H groups in total. The van der Waals surface area contributed by atoms with Gasteiger partial charge in [0.25, 0.3) is 10.0 Å². The van der Waals surface area contributed by atoms with Gasteiger partial charge in [-0.2, -0.15) is 9.98 Å². The maximum Gasteiger partial charge on any atom is 0.258 e. The molecule has 1 aromatic heterocycles. The topological polar surface area (TPSA) is 109 Å². The molecule has 0 aliphatic heterocycles. The molecule has 1 heterocycles. The molecule has 0 unspecified atom stereocenters. The van der Waals surface area contributed by atoms with E-state index in [0.29, 0.717) is 10.6 Å². The Morgan fingerprint density at radius 3 is 2.45 bits per heavy atom. The summed E-state index contributed by atoms with van der Waals surface area (Å²) in [5.74, 6) is 0. The molecule has 2 atom stereocenters. The monoisotopic (exact) mass is 336 g/mol. The van der Waals surface area contributed by atoms with E-state index in [9.17, 15) is 8.42 Å². The van der Waals surface area contributed by atoms with Crippen LogP contribution in [0.25, 0.3) is 0 Å². The lowest BCUT2D eigenvalue weighted by molar-refractivity contribution is 0.534. The summed E-state index contributed by atoms with van der Waals surface area (Å²) in [6.45, 7) is 0. The number of nitriles is 1. The summed E-state index contributed by atoms with van der Waals surface area (Å²) in [5, 5.41) is 9.40. The van der Waals surface area contributed by atoms with Crippen molar-refractivity contribution in [1.29, 1.82) is 5.26 Å². The quantitative estimate of drug-likeness (QED) is 0.862. The molecule has 0 saturated carbocycles. The van der Waals surface area contributed by atoms with Crippen molar-refractivity contribution in [3.05, 3.63) is 59.2 Å². The molecule has 0 aliphatic rings. The van der Waals surface area contributed by atoms with Gasteiger partial charge in [0.1, 0.15) is 6.04 Å². The molecule has 0 spiro atoms. The second-order valence-corrected chi connectivity index (χ2v) is 6.57. The number of sulfonamides is 1. The Balaban J connectivity index is 2.36. The lowest BCUT2D eigenvalue weighted by Gasteiger charge is -2.20. The highest BCUT2D eigenvalue weighted by molar-refractivity contribution is 7.89. The van der Waals surface area contributed by atoms with Crippen molar-refractivity contribution in [2.45, 2.75) is 17.1 Å². The second kappa shape index (κ2) is 6.85. The van der Waals surface area contributed by atoms with Crippen LogP contribution in [0.3, 0.4) is 0 Å². The first-order valence-electron chi connectivity index (χ1n) is 6.28. The minimum Gasteiger partial charge on any atom is -0.314 e. The van der Waals surface area contributed by atoms with Crippen molar-refractivity contribution < 1.29 is 8.42 Å². The van der Waals surface area contributed by atoms with E-state index in [1.54, 1.807) is 36.4 Å². The average molecular weight is 337 g/mol. The highest BCUT2D eigenvalue weighted by Gasteiger charge is 2.27. The molecule has 2 aromatic rings. The fourth-order valence-corrected chi connectivity index (χ4v) is 3.15. The van der Waals surface area contributed by atoms with E-state index in [1.807, 2.05) is 6.07 Å².